The maximum Gasteiger partial charge on any atom is 0.253 e. The highest BCUT2D eigenvalue weighted by Gasteiger charge is 2.25. The average molecular weight is 451 g/mol. The van der Waals surface area contributed by atoms with Crippen LogP contribution in [0.3, 0.4) is 0 Å². The molecule has 5 nitrogen and oxygen atoms in total. The molecule has 3 rings (SSSR count). The summed E-state index contributed by atoms with van der Waals surface area (Å²) in [5.41, 5.74) is 2.40. The second kappa shape index (κ2) is 11.3. The SMILES string of the molecule is CC(C)C(NC(=O)c1ccccc1Cl)C(=O)NCCOc1ccccc1-c1ccccc1. The number of hydrogen-bond acceptors (Lipinski definition) is 3. The fourth-order valence-electron chi connectivity index (χ4n) is 3.29. The molecule has 0 spiro atoms. The molecular weight excluding hydrogens is 424 g/mol. The van der Waals surface area contributed by atoms with Crippen molar-refractivity contribution in [1.29, 1.82) is 0 Å². The van der Waals surface area contributed by atoms with E-state index in [2.05, 4.69) is 10.6 Å². The summed E-state index contributed by atoms with van der Waals surface area (Å²) < 4.78 is 5.93. The lowest BCUT2D eigenvalue weighted by atomic mass is 10.0. The molecule has 0 aliphatic carbocycles. The van der Waals surface area contributed by atoms with Gasteiger partial charge in [0.05, 0.1) is 17.1 Å². The van der Waals surface area contributed by atoms with Gasteiger partial charge >= 0.3 is 0 Å². The Balaban J connectivity index is 1.56. The van der Waals surface area contributed by atoms with Crippen LogP contribution in [0.1, 0.15) is 24.2 Å². The van der Waals surface area contributed by atoms with Gasteiger partial charge in [0.1, 0.15) is 18.4 Å². The van der Waals surface area contributed by atoms with Crippen molar-refractivity contribution < 1.29 is 14.3 Å². The first-order valence-corrected chi connectivity index (χ1v) is 11.0. The monoisotopic (exact) mass is 450 g/mol. The molecular formula is C26H27ClN2O3. The van der Waals surface area contributed by atoms with Crippen LogP contribution in [0, 0.1) is 5.92 Å². The molecule has 0 radical (unpaired) electrons. The first kappa shape index (κ1) is 23.4. The van der Waals surface area contributed by atoms with E-state index in [0.717, 1.165) is 16.9 Å². The third-order valence-electron chi connectivity index (χ3n) is 4.98. The van der Waals surface area contributed by atoms with E-state index in [1.54, 1.807) is 24.3 Å². The molecule has 0 aliphatic heterocycles. The van der Waals surface area contributed by atoms with Crippen LogP contribution in [0.4, 0.5) is 0 Å². The summed E-state index contributed by atoms with van der Waals surface area (Å²) in [5.74, 6) is 0.0133. The fourth-order valence-corrected chi connectivity index (χ4v) is 3.51. The fraction of sp³-hybridized carbons (Fsp3) is 0.231. The van der Waals surface area contributed by atoms with E-state index >= 15 is 0 Å². The zero-order valence-corrected chi connectivity index (χ0v) is 18.9. The number of nitrogens with one attached hydrogen (secondary N) is 2. The molecule has 0 heterocycles. The van der Waals surface area contributed by atoms with Crippen molar-refractivity contribution in [3.63, 3.8) is 0 Å². The maximum atomic E-state index is 12.7. The van der Waals surface area contributed by atoms with Gasteiger partial charge in [0, 0.05) is 5.56 Å². The molecule has 0 bridgehead atoms. The third-order valence-corrected chi connectivity index (χ3v) is 5.31. The van der Waals surface area contributed by atoms with Crippen molar-refractivity contribution in [1.82, 2.24) is 10.6 Å². The topological polar surface area (TPSA) is 67.4 Å². The number of hydrogen-bond donors (Lipinski definition) is 2. The van der Waals surface area contributed by atoms with Gasteiger partial charge in [-0.3, -0.25) is 9.59 Å². The number of ether oxygens (including phenoxy) is 1. The summed E-state index contributed by atoms with van der Waals surface area (Å²) in [6.45, 7) is 4.37. The van der Waals surface area contributed by atoms with Crippen LogP contribution in [0.25, 0.3) is 11.1 Å². The molecule has 3 aromatic rings. The first-order valence-electron chi connectivity index (χ1n) is 10.6. The Bertz CT molecular complexity index is 1050. The summed E-state index contributed by atoms with van der Waals surface area (Å²) in [6.07, 6.45) is 0. The minimum absolute atomic E-state index is 0.0961. The molecule has 1 atom stereocenters. The van der Waals surface area contributed by atoms with Crippen LogP contribution in [0.2, 0.25) is 5.02 Å². The van der Waals surface area contributed by atoms with Crippen LogP contribution < -0.4 is 15.4 Å². The number of halogens is 1. The summed E-state index contributed by atoms with van der Waals surface area (Å²) in [5, 5.41) is 5.99. The summed E-state index contributed by atoms with van der Waals surface area (Å²) in [4.78, 5) is 25.3. The van der Waals surface area contributed by atoms with E-state index < -0.39 is 6.04 Å². The van der Waals surface area contributed by atoms with Gasteiger partial charge in [-0.2, -0.15) is 0 Å². The summed E-state index contributed by atoms with van der Waals surface area (Å²) in [7, 11) is 0. The van der Waals surface area contributed by atoms with Crippen LogP contribution in [0.15, 0.2) is 78.9 Å². The van der Waals surface area contributed by atoms with Crippen molar-refractivity contribution >= 4 is 23.4 Å². The van der Waals surface area contributed by atoms with Gasteiger partial charge < -0.3 is 15.4 Å². The van der Waals surface area contributed by atoms with E-state index in [1.165, 1.54) is 0 Å². The van der Waals surface area contributed by atoms with Gasteiger partial charge in [0.15, 0.2) is 0 Å². The minimum atomic E-state index is -0.685. The van der Waals surface area contributed by atoms with Crippen LogP contribution in [-0.2, 0) is 4.79 Å². The van der Waals surface area contributed by atoms with Crippen LogP contribution >= 0.6 is 11.6 Å². The van der Waals surface area contributed by atoms with E-state index in [-0.39, 0.29) is 17.7 Å². The van der Waals surface area contributed by atoms with Gasteiger partial charge in [-0.25, -0.2) is 0 Å². The molecule has 32 heavy (non-hydrogen) atoms. The molecule has 2 N–H and O–H groups in total. The average Bonchev–Trinajstić information content (AvgIpc) is 2.81. The number of amides is 2. The Kier molecular flexibility index (Phi) is 8.28. The molecule has 0 saturated heterocycles. The number of rotatable bonds is 9. The highest BCUT2D eigenvalue weighted by molar-refractivity contribution is 6.33. The molecule has 0 fully saturated rings. The van der Waals surface area contributed by atoms with Crippen molar-refractivity contribution in [3.8, 4) is 16.9 Å². The van der Waals surface area contributed by atoms with E-state index in [4.69, 9.17) is 16.3 Å². The van der Waals surface area contributed by atoms with Gasteiger partial charge in [0.2, 0.25) is 5.91 Å². The second-order valence-electron chi connectivity index (χ2n) is 7.68. The van der Waals surface area contributed by atoms with Crippen molar-refractivity contribution in [3.05, 3.63) is 89.4 Å². The molecule has 3 aromatic carbocycles. The molecule has 0 aliphatic rings. The van der Waals surface area contributed by atoms with Crippen LogP contribution in [0.5, 0.6) is 5.75 Å². The predicted molar refractivity (Wildman–Crippen MR) is 128 cm³/mol. The first-order chi connectivity index (χ1) is 15.5. The normalized spacial score (nSPS) is 11.6. The molecule has 166 valence electrons. The molecule has 2 amide bonds. The molecule has 6 heteroatoms. The van der Waals surface area contributed by atoms with Gasteiger partial charge in [-0.05, 0) is 29.7 Å². The van der Waals surface area contributed by atoms with Crippen molar-refractivity contribution in [2.75, 3.05) is 13.2 Å². The number of carbonyl (C=O) groups excluding carboxylic acids is 2. The highest BCUT2D eigenvalue weighted by atomic mass is 35.5. The third kappa shape index (κ3) is 6.11. The lowest BCUT2D eigenvalue weighted by molar-refractivity contribution is -0.124. The maximum absolute atomic E-state index is 12.7. The summed E-state index contributed by atoms with van der Waals surface area (Å²) >= 11 is 6.10. The lowest BCUT2D eigenvalue weighted by Gasteiger charge is -2.22. The molecule has 0 saturated carbocycles. The quantitative estimate of drug-likeness (QED) is 0.453. The number of carbonyl (C=O) groups is 2. The summed E-state index contributed by atoms with van der Waals surface area (Å²) in [6, 6.07) is 23.8. The Morgan fingerprint density at radius 1 is 0.906 bits per heavy atom. The molecule has 1 unspecified atom stereocenters. The number of benzene rings is 3. The second-order valence-corrected chi connectivity index (χ2v) is 8.08. The predicted octanol–water partition coefficient (Wildman–Crippen LogP) is 4.96. The standard InChI is InChI=1S/C26H27ClN2O3/c1-18(2)24(29-25(30)21-13-6-8-14-22(21)27)26(31)28-16-17-32-23-15-9-7-12-20(23)19-10-4-3-5-11-19/h3-15,18,24H,16-17H2,1-2H3,(H,28,31)(H,29,30). The van der Waals surface area contributed by atoms with Gasteiger partial charge in [0.25, 0.3) is 5.91 Å². The Labute approximate surface area is 193 Å². The number of para-hydroxylation sites is 1. The van der Waals surface area contributed by atoms with Gasteiger partial charge in [-0.1, -0.05) is 86.1 Å². The Morgan fingerprint density at radius 2 is 1.56 bits per heavy atom. The van der Waals surface area contributed by atoms with E-state index in [1.807, 2.05) is 68.4 Å². The van der Waals surface area contributed by atoms with E-state index in [9.17, 15) is 9.59 Å². The van der Waals surface area contributed by atoms with Crippen molar-refractivity contribution in [2.45, 2.75) is 19.9 Å². The molecule has 0 aromatic heterocycles. The Hall–Kier alpha value is -3.31. The highest BCUT2D eigenvalue weighted by Crippen LogP contribution is 2.29. The minimum Gasteiger partial charge on any atom is -0.491 e. The zero-order valence-electron chi connectivity index (χ0n) is 18.2. The smallest absolute Gasteiger partial charge is 0.253 e. The largest absolute Gasteiger partial charge is 0.491 e. The Morgan fingerprint density at radius 3 is 2.28 bits per heavy atom. The van der Waals surface area contributed by atoms with Crippen molar-refractivity contribution in [2.24, 2.45) is 5.92 Å². The zero-order chi connectivity index (χ0) is 22.9. The van der Waals surface area contributed by atoms with Gasteiger partial charge in [-0.15, -0.1) is 0 Å². The van der Waals surface area contributed by atoms with Crippen LogP contribution in [-0.4, -0.2) is 31.0 Å². The van der Waals surface area contributed by atoms with E-state index in [0.29, 0.717) is 23.7 Å². The lowest BCUT2D eigenvalue weighted by Crippen LogP contribution is -2.50.